The van der Waals surface area contributed by atoms with Gasteiger partial charge in [0.05, 0.1) is 15.9 Å². The zero-order chi connectivity index (χ0) is 24.9. The Hall–Kier alpha value is -3.50. The van der Waals surface area contributed by atoms with Gasteiger partial charge in [0.25, 0.3) is 11.8 Å². The zero-order valence-electron chi connectivity index (χ0n) is 19.7. The molecule has 0 radical (unpaired) electrons. The molecule has 0 fully saturated rings. The number of rotatable bonds is 8. The van der Waals surface area contributed by atoms with Crippen LogP contribution in [0.4, 0.5) is 0 Å². The predicted octanol–water partition coefficient (Wildman–Crippen LogP) is 2.87. The molecule has 0 saturated heterocycles. The third-order valence-corrected chi connectivity index (χ3v) is 7.53. The standard InChI is InChI=1S/C24H29N5O4S/c1-5-28(6-2)34(32,33)20-12-8-18(9-13-20)10-15-23(30)26-27-24(31)19-11-14-22-21(16-19)25-17(4)29(22)7-3/h8-16H,5-7H2,1-4H3,(H,26,30)(H,27,31). The second-order valence-corrected chi connectivity index (χ2v) is 9.48. The van der Waals surface area contributed by atoms with Crippen LogP contribution >= 0.6 is 0 Å². The van der Waals surface area contributed by atoms with Crippen molar-refractivity contribution in [3.8, 4) is 0 Å². The van der Waals surface area contributed by atoms with Gasteiger partial charge in [-0.1, -0.05) is 26.0 Å². The van der Waals surface area contributed by atoms with E-state index in [0.29, 0.717) is 29.7 Å². The Balaban J connectivity index is 1.60. The largest absolute Gasteiger partial charge is 0.329 e. The van der Waals surface area contributed by atoms with Crippen LogP contribution in [0.25, 0.3) is 17.1 Å². The molecule has 2 aromatic carbocycles. The van der Waals surface area contributed by atoms with Crippen LogP contribution in [-0.4, -0.2) is 47.2 Å². The smallest absolute Gasteiger partial charge is 0.269 e. The number of carbonyl (C=O) groups excluding carboxylic acids is 2. The summed E-state index contributed by atoms with van der Waals surface area (Å²) >= 11 is 0. The lowest BCUT2D eigenvalue weighted by atomic mass is 10.2. The fraction of sp³-hybridized carbons (Fsp3) is 0.292. The quantitative estimate of drug-likeness (QED) is 0.378. The van der Waals surface area contributed by atoms with Crippen LogP contribution in [0.2, 0.25) is 0 Å². The number of imidazole rings is 1. The van der Waals surface area contributed by atoms with Crippen molar-refractivity contribution >= 4 is 38.9 Å². The monoisotopic (exact) mass is 483 g/mol. The number of hydrazine groups is 1. The van der Waals surface area contributed by atoms with Gasteiger partial charge in [0, 0.05) is 31.3 Å². The number of carbonyl (C=O) groups is 2. The molecule has 3 rings (SSSR count). The Labute approximate surface area is 199 Å². The van der Waals surface area contributed by atoms with Gasteiger partial charge in [0.15, 0.2) is 0 Å². The molecule has 1 heterocycles. The Morgan fingerprint density at radius 3 is 2.32 bits per heavy atom. The molecule has 10 heteroatoms. The average molecular weight is 484 g/mol. The first kappa shape index (κ1) is 25.1. The first-order valence-corrected chi connectivity index (χ1v) is 12.5. The maximum atomic E-state index is 12.5. The van der Waals surface area contributed by atoms with Crippen LogP contribution in [0, 0.1) is 6.92 Å². The maximum Gasteiger partial charge on any atom is 0.269 e. The van der Waals surface area contributed by atoms with E-state index in [9.17, 15) is 18.0 Å². The number of sulfonamides is 1. The number of benzene rings is 2. The van der Waals surface area contributed by atoms with E-state index >= 15 is 0 Å². The highest BCUT2D eigenvalue weighted by Gasteiger charge is 2.21. The molecule has 3 aromatic rings. The van der Waals surface area contributed by atoms with E-state index < -0.39 is 21.8 Å². The predicted molar refractivity (Wildman–Crippen MR) is 131 cm³/mol. The van der Waals surface area contributed by atoms with Gasteiger partial charge in [-0.05, 0) is 55.8 Å². The Morgan fingerprint density at radius 2 is 1.71 bits per heavy atom. The fourth-order valence-corrected chi connectivity index (χ4v) is 5.12. The summed E-state index contributed by atoms with van der Waals surface area (Å²) in [7, 11) is -3.53. The number of aromatic nitrogens is 2. The van der Waals surface area contributed by atoms with Crippen molar-refractivity contribution in [1.29, 1.82) is 0 Å². The van der Waals surface area contributed by atoms with Gasteiger partial charge in [0.1, 0.15) is 5.82 Å². The lowest BCUT2D eigenvalue weighted by Crippen LogP contribution is -2.40. The van der Waals surface area contributed by atoms with Crippen molar-refractivity contribution < 1.29 is 18.0 Å². The SMILES string of the molecule is CCN(CC)S(=O)(=O)c1ccc(C=CC(=O)NNC(=O)c2ccc3c(c2)nc(C)n3CC)cc1. The number of aryl methyl sites for hydroxylation is 2. The van der Waals surface area contributed by atoms with Gasteiger partial charge < -0.3 is 4.57 Å². The van der Waals surface area contributed by atoms with E-state index in [-0.39, 0.29) is 4.90 Å². The van der Waals surface area contributed by atoms with E-state index in [1.807, 2.05) is 19.9 Å². The molecule has 0 spiro atoms. The first-order chi connectivity index (χ1) is 16.2. The number of amides is 2. The molecule has 0 aliphatic heterocycles. The zero-order valence-corrected chi connectivity index (χ0v) is 20.5. The molecule has 0 bridgehead atoms. The summed E-state index contributed by atoms with van der Waals surface area (Å²) < 4.78 is 28.5. The van der Waals surface area contributed by atoms with Crippen molar-refractivity contribution in [3.63, 3.8) is 0 Å². The summed E-state index contributed by atoms with van der Waals surface area (Å²) in [5, 5.41) is 0. The summed E-state index contributed by atoms with van der Waals surface area (Å²) in [5.74, 6) is -0.120. The number of hydrogen-bond donors (Lipinski definition) is 2. The van der Waals surface area contributed by atoms with Crippen molar-refractivity contribution in [2.24, 2.45) is 0 Å². The van der Waals surface area contributed by atoms with E-state index in [0.717, 1.165) is 17.9 Å². The van der Waals surface area contributed by atoms with Gasteiger partial charge in [-0.3, -0.25) is 20.4 Å². The summed E-state index contributed by atoms with van der Waals surface area (Å²) in [6.45, 7) is 9.07. The molecular formula is C24H29N5O4S. The number of nitrogens with one attached hydrogen (secondary N) is 2. The Morgan fingerprint density at radius 1 is 1.03 bits per heavy atom. The molecule has 180 valence electrons. The molecule has 0 unspecified atom stereocenters. The third kappa shape index (κ3) is 5.35. The van der Waals surface area contributed by atoms with E-state index in [1.165, 1.54) is 28.6 Å². The third-order valence-electron chi connectivity index (χ3n) is 5.47. The van der Waals surface area contributed by atoms with E-state index in [2.05, 4.69) is 20.4 Å². The lowest BCUT2D eigenvalue weighted by molar-refractivity contribution is -0.117. The number of fused-ring (bicyclic) bond motifs is 1. The van der Waals surface area contributed by atoms with Crippen LogP contribution in [0.5, 0.6) is 0 Å². The van der Waals surface area contributed by atoms with Gasteiger partial charge in [0.2, 0.25) is 10.0 Å². The van der Waals surface area contributed by atoms with E-state index in [1.54, 1.807) is 38.1 Å². The molecule has 34 heavy (non-hydrogen) atoms. The van der Waals surface area contributed by atoms with Gasteiger partial charge in [-0.15, -0.1) is 0 Å². The fourth-order valence-electron chi connectivity index (χ4n) is 3.66. The number of hydrogen-bond acceptors (Lipinski definition) is 5. The topological polar surface area (TPSA) is 113 Å². The van der Waals surface area contributed by atoms with Gasteiger partial charge in [-0.2, -0.15) is 4.31 Å². The van der Waals surface area contributed by atoms with Crippen LogP contribution in [-0.2, 0) is 21.4 Å². The van der Waals surface area contributed by atoms with Gasteiger partial charge in [-0.25, -0.2) is 13.4 Å². The highest BCUT2D eigenvalue weighted by atomic mass is 32.2. The normalized spacial score (nSPS) is 11.9. The molecule has 0 saturated carbocycles. The van der Waals surface area contributed by atoms with Crippen LogP contribution < -0.4 is 10.9 Å². The molecule has 2 amide bonds. The second kappa shape index (κ2) is 10.6. The van der Waals surface area contributed by atoms with E-state index in [4.69, 9.17) is 0 Å². The van der Waals surface area contributed by atoms with Gasteiger partial charge >= 0.3 is 0 Å². The van der Waals surface area contributed by atoms with Crippen LogP contribution in [0.1, 0.15) is 42.5 Å². The summed E-state index contributed by atoms with van der Waals surface area (Å²) in [6.07, 6.45) is 2.78. The number of nitrogens with zero attached hydrogens (tertiary/aromatic N) is 3. The average Bonchev–Trinajstić information content (AvgIpc) is 3.15. The highest BCUT2D eigenvalue weighted by Crippen LogP contribution is 2.18. The molecular weight excluding hydrogens is 454 g/mol. The lowest BCUT2D eigenvalue weighted by Gasteiger charge is -2.18. The summed E-state index contributed by atoms with van der Waals surface area (Å²) in [4.78, 5) is 29.2. The minimum absolute atomic E-state index is 0.195. The summed E-state index contributed by atoms with van der Waals surface area (Å²) in [5.41, 5.74) is 7.40. The molecule has 9 nitrogen and oxygen atoms in total. The molecule has 2 N–H and O–H groups in total. The Kier molecular flexibility index (Phi) is 7.85. The van der Waals surface area contributed by atoms with Crippen LogP contribution in [0.15, 0.2) is 53.4 Å². The van der Waals surface area contributed by atoms with Crippen molar-refractivity contribution in [3.05, 3.63) is 65.5 Å². The molecule has 0 aliphatic rings. The van der Waals surface area contributed by atoms with Crippen molar-refractivity contribution in [2.75, 3.05) is 13.1 Å². The minimum Gasteiger partial charge on any atom is -0.329 e. The summed E-state index contributed by atoms with van der Waals surface area (Å²) in [6, 6.07) is 11.4. The molecule has 1 aromatic heterocycles. The van der Waals surface area contributed by atoms with Crippen molar-refractivity contribution in [2.45, 2.75) is 39.1 Å². The van der Waals surface area contributed by atoms with Crippen molar-refractivity contribution in [1.82, 2.24) is 24.7 Å². The minimum atomic E-state index is -3.53. The molecule has 0 aliphatic carbocycles. The molecule has 0 atom stereocenters. The Bertz CT molecular complexity index is 1320. The maximum absolute atomic E-state index is 12.5. The first-order valence-electron chi connectivity index (χ1n) is 11.1. The van der Waals surface area contributed by atoms with Crippen LogP contribution in [0.3, 0.4) is 0 Å². The second-order valence-electron chi connectivity index (χ2n) is 7.54. The highest BCUT2D eigenvalue weighted by molar-refractivity contribution is 7.89.